The second-order valence-corrected chi connectivity index (χ2v) is 6.50. The molecule has 3 aromatic rings. The molecule has 0 spiro atoms. The van der Waals surface area contributed by atoms with Gasteiger partial charge in [0.1, 0.15) is 5.82 Å². The third kappa shape index (κ3) is 5.10. The number of methoxy groups -OCH3 is 2. The van der Waals surface area contributed by atoms with E-state index >= 15 is 0 Å². The van der Waals surface area contributed by atoms with Crippen LogP contribution in [0.5, 0.6) is 11.5 Å². The topological polar surface area (TPSA) is 72.5 Å². The molecule has 1 aromatic heterocycles. The van der Waals surface area contributed by atoms with Crippen LogP contribution in [0, 0.1) is 11.6 Å². The van der Waals surface area contributed by atoms with Gasteiger partial charge in [-0.3, -0.25) is 4.79 Å². The number of ether oxygens (including phenoxy) is 2. The average molecular weight is 437 g/mol. The van der Waals surface area contributed by atoms with Crippen molar-refractivity contribution in [2.24, 2.45) is 0 Å². The normalized spacial score (nSPS) is 10.6. The van der Waals surface area contributed by atoms with Crippen molar-refractivity contribution in [3.63, 3.8) is 0 Å². The van der Waals surface area contributed by atoms with Gasteiger partial charge in [-0.15, -0.1) is 0 Å². The lowest BCUT2D eigenvalue weighted by molar-refractivity contribution is -0.111. The van der Waals surface area contributed by atoms with E-state index in [0.717, 1.165) is 6.07 Å². The van der Waals surface area contributed by atoms with Crippen LogP contribution in [0.2, 0.25) is 0 Å². The molecule has 0 aliphatic heterocycles. The molecule has 6 nitrogen and oxygen atoms in total. The lowest BCUT2D eigenvalue weighted by atomic mass is 10.1. The van der Waals surface area contributed by atoms with E-state index in [2.05, 4.69) is 22.2 Å². The molecule has 2 N–H and O–H groups in total. The van der Waals surface area contributed by atoms with Crippen LogP contribution in [0.15, 0.2) is 61.3 Å². The Morgan fingerprint density at radius 2 is 1.66 bits per heavy atom. The summed E-state index contributed by atoms with van der Waals surface area (Å²) in [6.45, 7) is 3.44. The third-order valence-electron chi connectivity index (χ3n) is 4.47. The fraction of sp³-hybridized carbons (Fsp3) is 0.0833. The van der Waals surface area contributed by atoms with Crippen LogP contribution in [-0.4, -0.2) is 25.1 Å². The Morgan fingerprint density at radius 3 is 2.22 bits per heavy atom. The van der Waals surface area contributed by atoms with Crippen LogP contribution in [0.1, 0.15) is 11.1 Å². The Bertz CT molecular complexity index is 1130. The number of rotatable bonds is 8. The molecular weight excluding hydrogens is 416 g/mol. The fourth-order valence-corrected chi connectivity index (χ4v) is 2.83. The Balaban J connectivity index is 1.80. The maximum absolute atomic E-state index is 14.5. The first-order valence-corrected chi connectivity index (χ1v) is 9.50. The van der Waals surface area contributed by atoms with Gasteiger partial charge in [0.2, 0.25) is 5.91 Å². The first-order chi connectivity index (χ1) is 15.5. The minimum Gasteiger partial charge on any atom is -0.494 e. The molecule has 0 atom stereocenters. The molecule has 1 heterocycles. The van der Waals surface area contributed by atoms with Crippen LogP contribution >= 0.6 is 0 Å². The van der Waals surface area contributed by atoms with Gasteiger partial charge in [0, 0.05) is 12.3 Å². The number of amides is 1. The zero-order valence-electron chi connectivity index (χ0n) is 17.5. The van der Waals surface area contributed by atoms with E-state index in [4.69, 9.17) is 9.47 Å². The Labute approximate surface area is 184 Å². The molecule has 0 aliphatic carbocycles. The summed E-state index contributed by atoms with van der Waals surface area (Å²) in [6, 6.07) is 11.7. The average Bonchev–Trinajstić information content (AvgIpc) is 2.81. The van der Waals surface area contributed by atoms with Gasteiger partial charge in [-0.2, -0.15) is 0 Å². The van der Waals surface area contributed by atoms with Crippen LogP contribution in [0.4, 0.5) is 26.0 Å². The maximum Gasteiger partial charge on any atom is 0.247 e. The molecule has 8 heteroatoms. The summed E-state index contributed by atoms with van der Waals surface area (Å²) in [6.07, 6.45) is 5.53. The number of carbonyl (C=O) groups excluding carboxylic acids is 1. The molecule has 0 unspecified atom stereocenters. The second-order valence-electron chi connectivity index (χ2n) is 6.50. The SMILES string of the molecule is C=CC(=O)Nc1ccccc1Nc1ccc(C=Cc2c(F)c(OC)cc(OC)c2F)cn1. The predicted octanol–water partition coefficient (Wildman–Crippen LogP) is 5.42. The zero-order valence-corrected chi connectivity index (χ0v) is 17.5. The van der Waals surface area contributed by atoms with Gasteiger partial charge in [-0.25, -0.2) is 13.8 Å². The molecule has 164 valence electrons. The van der Waals surface area contributed by atoms with Gasteiger partial charge in [-0.05, 0) is 42.0 Å². The van der Waals surface area contributed by atoms with E-state index < -0.39 is 11.6 Å². The number of halogens is 2. The highest BCUT2D eigenvalue weighted by Crippen LogP contribution is 2.32. The molecule has 0 saturated heterocycles. The standard InChI is InChI=1S/C24H21F2N3O3/c1-4-22(30)29-18-8-6-5-7-17(18)28-21-12-10-15(14-27-21)9-11-16-23(25)19(31-2)13-20(32-3)24(16)26/h4-14H,1H2,2-3H3,(H,27,28)(H,29,30). The quantitative estimate of drug-likeness (QED) is 0.461. The number of para-hydroxylation sites is 2. The first-order valence-electron chi connectivity index (χ1n) is 9.50. The van der Waals surface area contributed by atoms with Gasteiger partial charge in [0.05, 0.1) is 31.2 Å². The van der Waals surface area contributed by atoms with Gasteiger partial charge in [-0.1, -0.05) is 24.8 Å². The second kappa shape index (κ2) is 10.2. The first kappa shape index (κ1) is 22.5. The monoisotopic (exact) mass is 437 g/mol. The Hall–Kier alpha value is -4.20. The molecule has 0 radical (unpaired) electrons. The number of pyridine rings is 1. The highest BCUT2D eigenvalue weighted by molar-refractivity contribution is 6.01. The molecule has 0 fully saturated rings. The van der Waals surface area contributed by atoms with Crippen LogP contribution in [-0.2, 0) is 4.79 Å². The number of benzene rings is 2. The summed E-state index contributed by atoms with van der Waals surface area (Å²) in [5.41, 5.74) is 1.55. The lowest BCUT2D eigenvalue weighted by Crippen LogP contribution is -2.09. The highest BCUT2D eigenvalue weighted by Gasteiger charge is 2.18. The summed E-state index contributed by atoms with van der Waals surface area (Å²) < 4.78 is 38.8. The summed E-state index contributed by atoms with van der Waals surface area (Å²) >= 11 is 0. The Kier molecular flexibility index (Phi) is 7.17. The third-order valence-corrected chi connectivity index (χ3v) is 4.47. The predicted molar refractivity (Wildman–Crippen MR) is 121 cm³/mol. The molecule has 0 bridgehead atoms. The molecule has 1 amide bonds. The van der Waals surface area contributed by atoms with Gasteiger partial charge in [0.25, 0.3) is 0 Å². The molecule has 32 heavy (non-hydrogen) atoms. The molecular formula is C24H21F2N3O3. The van der Waals surface area contributed by atoms with Gasteiger partial charge < -0.3 is 20.1 Å². The van der Waals surface area contributed by atoms with E-state index in [-0.39, 0.29) is 23.0 Å². The summed E-state index contributed by atoms with van der Waals surface area (Å²) in [7, 11) is 2.58. The fourth-order valence-electron chi connectivity index (χ4n) is 2.83. The van der Waals surface area contributed by atoms with Crippen molar-refractivity contribution in [2.45, 2.75) is 0 Å². The van der Waals surface area contributed by atoms with Crippen molar-refractivity contribution in [1.82, 2.24) is 4.98 Å². The molecule has 2 aromatic carbocycles. The van der Waals surface area contributed by atoms with Crippen molar-refractivity contribution in [3.8, 4) is 11.5 Å². The van der Waals surface area contributed by atoms with E-state index in [1.807, 2.05) is 6.07 Å². The van der Waals surface area contributed by atoms with Crippen LogP contribution < -0.4 is 20.1 Å². The number of anilines is 3. The number of hydrogen-bond acceptors (Lipinski definition) is 5. The minimum atomic E-state index is -0.827. The number of nitrogens with one attached hydrogen (secondary N) is 2. The van der Waals surface area contributed by atoms with Gasteiger partial charge in [0.15, 0.2) is 23.1 Å². The van der Waals surface area contributed by atoms with E-state index in [9.17, 15) is 13.6 Å². The lowest BCUT2D eigenvalue weighted by Gasteiger charge is -2.12. The molecule has 0 aliphatic rings. The number of carbonyl (C=O) groups is 1. The van der Waals surface area contributed by atoms with Crippen LogP contribution in [0.25, 0.3) is 12.2 Å². The zero-order chi connectivity index (χ0) is 23.1. The van der Waals surface area contributed by atoms with Crippen molar-refractivity contribution in [1.29, 1.82) is 0 Å². The minimum absolute atomic E-state index is 0.122. The summed E-state index contributed by atoms with van der Waals surface area (Å²) in [5.74, 6) is -1.72. The van der Waals surface area contributed by atoms with E-state index in [1.165, 1.54) is 38.6 Å². The van der Waals surface area contributed by atoms with Crippen molar-refractivity contribution >= 4 is 35.3 Å². The van der Waals surface area contributed by atoms with Crippen LogP contribution in [0.3, 0.4) is 0 Å². The molecule has 3 rings (SSSR count). The number of nitrogens with zero attached hydrogens (tertiary/aromatic N) is 1. The highest BCUT2D eigenvalue weighted by atomic mass is 19.1. The van der Waals surface area contributed by atoms with Crippen molar-refractivity contribution < 1.29 is 23.0 Å². The smallest absolute Gasteiger partial charge is 0.247 e. The summed E-state index contributed by atoms with van der Waals surface area (Å²) in [5, 5.41) is 5.82. The largest absolute Gasteiger partial charge is 0.494 e. The van der Waals surface area contributed by atoms with Crippen molar-refractivity contribution in [3.05, 3.63) is 84.1 Å². The Morgan fingerprint density at radius 1 is 1.00 bits per heavy atom. The summed E-state index contributed by atoms with van der Waals surface area (Å²) in [4.78, 5) is 15.9. The maximum atomic E-state index is 14.5. The van der Waals surface area contributed by atoms with E-state index in [1.54, 1.807) is 30.3 Å². The van der Waals surface area contributed by atoms with Gasteiger partial charge >= 0.3 is 0 Å². The van der Waals surface area contributed by atoms with E-state index in [0.29, 0.717) is 22.8 Å². The molecule has 0 saturated carbocycles. The number of aromatic nitrogens is 1. The van der Waals surface area contributed by atoms with Crippen molar-refractivity contribution in [2.75, 3.05) is 24.9 Å². The number of hydrogen-bond donors (Lipinski definition) is 2.